The molecule has 0 aromatic rings. The number of hydrogen-bond donors (Lipinski definition) is 4. The molecule has 6 nitrogen and oxygen atoms in total. The first-order chi connectivity index (χ1) is 4.57. The van der Waals surface area contributed by atoms with Crippen molar-refractivity contribution in [3.8, 4) is 0 Å². The number of primary amides is 1. The van der Waals surface area contributed by atoms with Crippen LogP contribution in [0.4, 0.5) is 4.79 Å². The number of carbonyl (C=O) groups excluding carboxylic acids is 2. The fourth-order valence-corrected chi connectivity index (χ4v) is 0.338. The minimum atomic E-state index is -1.10. The lowest BCUT2D eigenvalue weighted by atomic mass is 10.3. The van der Waals surface area contributed by atoms with Crippen LogP contribution >= 0.6 is 0 Å². The van der Waals surface area contributed by atoms with E-state index in [1.807, 2.05) is 5.32 Å². The Kier molecular flexibility index (Phi) is 2.89. The molecule has 56 valence electrons. The predicted molar refractivity (Wildman–Crippen MR) is 34.5 cm³/mol. The number of carbonyl (C=O) groups is 2. The van der Waals surface area contributed by atoms with Crippen LogP contribution in [0.25, 0.3) is 0 Å². The number of aldehydes is 1. The highest BCUT2D eigenvalue weighted by atomic mass is 16.2. The number of nitrogens with one attached hydrogen (secondary N) is 2. The Labute approximate surface area is 57.1 Å². The Morgan fingerprint density at radius 2 is 2.10 bits per heavy atom. The molecule has 0 heterocycles. The van der Waals surface area contributed by atoms with E-state index in [-0.39, 0.29) is 0 Å². The highest BCUT2D eigenvalue weighted by Crippen LogP contribution is 1.73. The molecule has 0 aromatic carbocycles. The summed E-state index contributed by atoms with van der Waals surface area (Å²) < 4.78 is 0. The van der Waals surface area contributed by atoms with Gasteiger partial charge in [-0.3, -0.25) is 5.41 Å². The van der Waals surface area contributed by atoms with Gasteiger partial charge < -0.3 is 21.6 Å². The van der Waals surface area contributed by atoms with Gasteiger partial charge in [0.1, 0.15) is 18.2 Å². The molecular formula is C4H8N4O2. The summed E-state index contributed by atoms with van der Waals surface area (Å²) in [6.45, 7) is 0. The second-order valence-corrected chi connectivity index (χ2v) is 1.58. The molecule has 0 aliphatic heterocycles. The topological polar surface area (TPSA) is 122 Å². The maximum absolute atomic E-state index is 10.1. The standard InChI is InChI=1S/C4H8N4O2/c5-3(6)2(1-9)8-4(7)10/h1-2H,(H3,5,6)(H3,7,8,10). The van der Waals surface area contributed by atoms with E-state index in [2.05, 4.69) is 5.73 Å². The molecule has 0 aromatic heterocycles. The van der Waals surface area contributed by atoms with Gasteiger partial charge in [-0.2, -0.15) is 0 Å². The van der Waals surface area contributed by atoms with Crippen LogP contribution in [0.5, 0.6) is 0 Å². The number of hydrogen-bond acceptors (Lipinski definition) is 3. The molecule has 0 radical (unpaired) electrons. The van der Waals surface area contributed by atoms with Crippen molar-refractivity contribution in [3.05, 3.63) is 0 Å². The third-order valence-electron chi connectivity index (χ3n) is 0.769. The van der Waals surface area contributed by atoms with Crippen molar-refractivity contribution in [3.63, 3.8) is 0 Å². The molecule has 10 heavy (non-hydrogen) atoms. The molecule has 0 aliphatic carbocycles. The molecule has 0 rings (SSSR count). The number of nitrogens with two attached hydrogens (primary N) is 2. The van der Waals surface area contributed by atoms with Crippen molar-refractivity contribution >= 4 is 18.2 Å². The first kappa shape index (κ1) is 8.41. The minimum absolute atomic E-state index is 0.326. The highest BCUT2D eigenvalue weighted by Gasteiger charge is 2.10. The van der Waals surface area contributed by atoms with Crippen LogP contribution in [0.1, 0.15) is 0 Å². The van der Waals surface area contributed by atoms with Crippen molar-refractivity contribution in [1.29, 1.82) is 5.41 Å². The predicted octanol–water partition coefficient (Wildman–Crippen LogP) is -1.84. The Balaban J connectivity index is 3.96. The third kappa shape index (κ3) is 2.65. The maximum Gasteiger partial charge on any atom is 0.313 e. The highest BCUT2D eigenvalue weighted by molar-refractivity contribution is 5.99. The van der Waals surface area contributed by atoms with Crippen LogP contribution in [-0.2, 0) is 4.79 Å². The van der Waals surface area contributed by atoms with Gasteiger partial charge in [-0.1, -0.05) is 0 Å². The van der Waals surface area contributed by atoms with E-state index in [0.29, 0.717) is 6.29 Å². The fraction of sp³-hybridized carbons (Fsp3) is 0.250. The minimum Gasteiger partial charge on any atom is -0.386 e. The normalized spacial score (nSPS) is 11.6. The maximum atomic E-state index is 10.1. The summed E-state index contributed by atoms with van der Waals surface area (Å²) >= 11 is 0. The summed E-state index contributed by atoms with van der Waals surface area (Å²) in [5.74, 6) is -0.436. The Hall–Kier alpha value is -1.59. The van der Waals surface area contributed by atoms with E-state index in [1.165, 1.54) is 0 Å². The van der Waals surface area contributed by atoms with Crippen molar-refractivity contribution in [2.24, 2.45) is 11.5 Å². The van der Waals surface area contributed by atoms with Crippen LogP contribution in [0, 0.1) is 5.41 Å². The third-order valence-corrected chi connectivity index (χ3v) is 0.769. The van der Waals surface area contributed by atoms with E-state index >= 15 is 0 Å². The van der Waals surface area contributed by atoms with E-state index in [9.17, 15) is 9.59 Å². The monoisotopic (exact) mass is 144 g/mol. The van der Waals surface area contributed by atoms with Gasteiger partial charge in [0.2, 0.25) is 0 Å². The van der Waals surface area contributed by atoms with Crippen LogP contribution in [-0.4, -0.2) is 24.2 Å². The molecule has 6 heteroatoms. The SMILES string of the molecule is N=C(N)C(C=O)NC(N)=O. The summed E-state index contributed by atoms with van der Waals surface area (Å²) in [6.07, 6.45) is 0.326. The first-order valence-corrected chi connectivity index (χ1v) is 2.43. The molecule has 6 N–H and O–H groups in total. The summed E-state index contributed by atoms with van der Waals surface area (Å²) in [5, 5.41) is 8.67. The lowest BCUT2D eigenvalue weighted by molar-refractivity contribution is -0.108. The molecule has 0 saturated heterocycles. The summed E-state index contributed by atoms with van der Waals surface area (Å²) in [5.41, 5.74) is 9.52. The average Bonchev–Trinajstić information content (AvgIpc) is 1.81. The van der Waals surface area contributed by atoms with Crippen molar-refractivity contribution in [1.82, 2.24) is 5.32 Å². The Bertz CT molecular complexity index is 167. The molecular weight excluding hydrogens is 136 g/mol. The van der Waals surface area contributed by atoms with Gasteiger partial charge in [-0.25, -0.2) is 4.79 Å². The van der Waals surface area contributed by atoms with Gasteiger partial charge in [0.15, 0.2) is 0 Å². The van der Waals surface area contributed by atoms with Crippen LogP contribution in [0.15, 0.2) is 0 Å². The number of rotatable bonds is 3. The fourth-order valence-electron chi connectivity index (χ4n) is 0.338. The van der Waals surface area contributed by atoms with Gasteiger partial charge >= 0.3 is 6.03 Å². The van der Waals surface area contributed by atoms with Gasteiger partial charge in [0.25, 0.3) is 0 Å². The van der Waals surface area contributed by atoms with Gasteiger partial charge in [0, 0.05) is 0 Å². The van der Waals surface area contributed by atoms with Crippen molar-refractivity contribution in [2.45, 2.75) is 6.04 Å². The van der Waals surface area contributed by atoms with Crippen molar-refractivity contribution in [2.75, 3.05) is 0 Å². The van der Waals surface area contributed by atoms with E-state index in [4.69, 9.17) is 11.1 Å². The smallest absolute Gasteiger partial charge is 0.313 e. The number of amides is 2. The zero-order valence-electron chi connectivity index (χ0n) is 5.13. The first-order valence-electron chi connectivity index (χ1n) is 2.43. The molecule has 0 spiro atoms. The average molecular weight is 144 g/mol. The number of amidine groups is 1. The van der Waals surface area contributed by atoms with Crippen LogP contribution < -0.4 is 16.8 Å². The Morgan fingerprint density at radius 1 is 1.60 bits per heavy atom. The lowest BCUT2D eigenvalue weighted by Gasteiger charge is -2.06. The second-order valence-electron chi connectivity index (χ2n) is 1.58. The van der Waals surface area contributed by atoms with E-state index in [0.717, 1.165) is 0 Å². The Morgan fingerprint density at radius 3 is 2.20 bits per heavy atom. The molecule has 0 aliphatic rings. The van der Waals surface area contributed by atoms with Gasteiger partial charge in [0.05, 0.1) is 0 Å². The molecule has 0 fully saturated rings. The zero-order valence-corrected chi connectivity index (χ0v) is 5.13. The van der Waals surface area contributed by atoms with E-state index < -0.39 is 17.9 Å². The molecule has 1 atom stereocenters. The van der Waals surface area contributed by atoms with Crippen LogP contribution in [0.2, 0.25) is 0 Å². The van der Waals surface area contributed by atoms with Crippen LogP contribution in [0.3, 0.4) is 0 Å². The largest absolute Gasteiger partial charge is 0.386 e. The van der Waals surface area contributed by atoms with E-state index in [1.54, 1.807) is 0 Å². The molecule has 0 bridgehead atoms. The summed E-state index contributed by atoms with van der Waals surface area (Å²) in [4.78, 5) is 20.1. The lowest BCUT2D eigenvalue weighted by Crippen LogP contribution is -2.47. The molecule has 0 saturated carbocycles. The molecule has 1 unspecified atom stereocenters. The summed E-state index contributed by atoms with van der Waals surface area (Å²) in [7, 11) is 0. The second kappa shape index (κ2) is 3.44. The van der Waals surface area contributed by atoms with Gasteiger partial charge in [-0.05, 0) is 0 Å². The van der Waals surface area contributed by atoms with Crippen molar-refractivity contribution < 1.29 is 9.59 Å². The van der Waals surface area contributed by atoms with Gasteiger partial charge in [-0.15, -0.1) is 0 Å². The number of urea groups is 1. The summed E-state index contributed by atoms with van der Waals surface area (Å²) in [6, 6.07) is -1.98. The molecule has 2 amide bonds. The quantitative estimate of drug-likeness (QED) is 0.211. The zero-order chi connectivity index (χ0) is 8.15.